The standard InChI is InChI=1S/C21H15NO4.C2H6/c1-11-6-8-12(9-7-11)26-16-10-15(23)17-18(19(16)22)21(25)14-5-3-2-4-13(14)20(17)24;1-2/h2-10,23H,22H2,1H3;1-2H3. The summed E-state index contributed by atoms with van der Waals surface area (Å²) in [6, 6.07) is 15.0. The van der Waals surface area contributed by atoms with Crippen molar-refractivity contribution in [3.63, 3.8) is 0 Å². The molecule has 28 heavy (non-hydrogen) atoms. The highest BCUT2D eigenvalue weighted by Crippen LogP contribution is 2.42. The van der Waals surface area contributed by atoms with Crippen LogP contribution in [0.1, 0.15) is 51.3 Å². The number of nitrogen functional groups attached to an aromatic ring is 1. The molecule has 0 heterocycles. The lowest BCUT2D eigenvalue weighted by Gasteiger charge is -2.21. The summed E-state index contributed by atoms with van der Waals surface area (Å²) < 4.78 is 5.73. The molecule has 5 heteroatoms. The number of benzene rings is 3. The maximum atomic E-state index is 12.9. The van der Waals surface area contributed by atoms with E-state index in [-0.39, 0.29) is 39.4 Å². The van der Waals surface area contributed by atoms with E-state index in [0.29, 0.717) is 5.75 Å². The van der Waals surface area contributed by atoms with Gasteiger partial charge in [0.2, 0.25) is 0 Å². The molecule has 0 unspecified atom stereocenters. The number of fused-ring (bicyclic) bond motifs is 2. The van der Waals surface area contributed by atoms with E-state index in [0.717, 1.165) is 5.56 Å². The molecule has 0 fully saturated rings. The van der Waals surface area contributed by atoms with E-state index in [1.165, 1.54) is 6.07 Å². The highest BCUT2D eigenvalue weighted by molar-refractivity contribution is 6.31. The zero-order chi connectivity index (χ0) is 20.4. The van der Waals surface area contributed by atoms with Gasteiger partial charge in [-0.3, -0.25) is 9.59 Å². The van der Waals surface area contributed by atoms with Gasteiger partial charge in [-0.1, -0.05) is 55.8 Å². The minimum absolute atomic E-state index is 0.0178. The third-order valence-corrected chi connectivity index (χ3v) is 4.43. The maximum absolute atomic E-state index is 12.9. The zero-order valence-electron chi connectivity index (χ0n) is 15.9. The fourth-order valence-electron chi connectivity index (χ4n) is 3.09. The van der Waals surface area contributed by atoms with Crippen molar-refractivity contribution in [2.45, 2.75) is 20.8 Å². The van der Waals surface area contributed by atoms with E-state index in [9.17, 15) is 14.7 Å². The molecule has 0 amide bonds. The van der Waals surface area contributed by atoms with Crippen molar-refractivity contribution in [2.75, 3.05) is 5.73 Å². The molecule has 0 saturated heterocycles. The highest BCUT2D eigenvalue weighted by Gasteiger charge is 2.35. The van der Waals surface area contributed by atoms with E-state index in [2.05, 4.69) is 0 Å². The molecule has 0 aliphatic heterocycles. The summed E-state index contributed by atoms with van der Waals surface area (Å²) in [6.07, 6.45) is 0. The van der Waals surface area contributed by atoms with Gasteiger partial charge in [0.05, 0.1) is 16.8 Å². The average Bonchev–Trinajstić information content (AvgIpc) is 2.72. The first-order valence-electron chi connectivity index (χ1n) is 9.05. The number of carbonyl (C=O) groups is 2. The second-order valence-corrected chi connectivity index (χ2v) is 6.18. The largest absolute Gasteiger partial charge is 0.507 e. The maximum Gasteiger partial charge on any atom is 0.198 e. The molecule has 0 aromatic heterocycles. The number of anilines is 1. The normalized spacial score (nSPS) is 11.8. The Labute approximate surface area is 163 Å². The quantitative estimate of drug-likeness (QED) is 0.385. The SMILES string of the molecule is CC.Cc1ccc(Oc2cc(O)c3c(c2N)C(=O)c2ccccc2C3=O)cc1. The Morgan fingerprint density at radius 1 is 0.857 bits per heavy atom. The van der Waals surface area contributed by atoms with Crippen LogP contribution in [0, 0.1) is 6.92 Å². The fraction of sp³-hybridized carbons (Fsp3) is 0.130. The molecule has 142 valence electrons. The summed E-state index contributed by atoms with van der Waals surface area (Å²) in [6.45, 7) is 5.95. The number of ketones is 2. The van der Waals surface area contributed by atoms with E-state index in [1.54, 1.807) is 36.4 Å². The van der Waals surface area contributed by atoms with Crippen LogP contribution in [0.5, 0.6) is 17.2 Å². The van der Waals surface area contributed by atoms with Crippen LogP contribution in [-0.2, 0) is 0 Å². The van der Waals surface area contributed by atoms with Crippen molar-refractivity contribution in [3.8, 4) is 17.2 Å². The number of phenolic OH excluding ortho intramolecular Hbond substituents is 1. The van der Waals surface area contributed by atoms with Gasteiger partial charge in [-0.25, -0.2) is 0 Å². The van der Waals surface area contributed by atoms with Gasteiger partial charge in [-0.05, 0) is 19.1 Å². The first-order valence-corrected chi connectivity index (χ1v) is 9.05. The summed E-state index contributed by atoms with van der Waals surface area (Å²) in [7, 11) is 0. The number of carbonyl (C=O) groups excluding carboxylic acids is 2. The molecule has 0 radical (unpaired) electrons. The molecule has 5 nitrogen and oxygen atoms in total. The summed E-state index contributed by atoms with van der Waals surface area (Å²) in [5.74, 6) is -0.523. The molecule has 0 saturated carbocycles. The van der Waals surface area contributed by atoms with Gasteiger partial charge in [-0.2, -0.15) is 0 Å². The van der Waals surface area contributed by atoms with Gasteiger partial charge in [0.1, 0.15) is 11.5 Å². The Bertz CT molecular complexity index is 1070. The third-order valence-electron chi connectivity index (χ3n) is 4.43. The molecule has 3 N–H and O–H groups in total. The first-order chi connectivity index (χ1) is 13.5. The Balaban J connectivity index is 0.00000109. The summed E-state index contributed by atoms with van der Waals surface area (Å²) in [5, 5.41) is 10.4. The van der Waals surface area contributed by atoms with Crippen molar-refractivity contribution < 1.29 is 19.4 Å². The Kier molecular flexibility index (Phi) is 5.18. The van der Waals surface area contributed by atoms with Crippen molar-refractivity contribution >= 4 is 17.3 Å². The van der Waals surface area contributed by atoms with Gasteiger partial charge < -0.3 is 15.6 Å². The van der Waals surface area contributed by atoms with Crippen LogP contribution in [-0.4, -0.2) is 16.7 Å². The molecular weight excluding hydrogens is 354 g/mol. The molecular formula is C23H21NO4. The Hall–Kier alpha value is -3.60. The third kappa shape index (κ3) is 3.11. The highest BCUT2D eigenvalue weighted by atomic mass is 16.5. The van der Waals surface area contributed by atoms with E-state index in [4.69, 9.17) is 10.5 Å². The van der Waals surface area contributed by atoms with E-state index < -0.39 is 11.6 Å². The summed E-state index contributed by atoms with van der Waals surface area (Å²) >= 11 is 0. The second kappa shape index (κ2) is 7.56. The molecule has 3 aromatic rings. The van der Waals surface area contributed by atoms with Crippen LogP contribution in [0.3, 0.4) is 0 Å². The molecule has 3 aromatic carbocycles. The lowest BCUT2D eigenvalue weighted by atomic mass is 9.82. The number of phenols is 1. The number of hydrogen-bond acceptors (Lipinski definition) is 5. The molecule has 1 aliphatic carbocycles. The predicted molar refractivity (Wildman–Crippen MR) is 108 cm³/mol. The van der Waals surface area contributed by atoms with Gasteiger partial charge in [0, 0.05) is 17.2 Å². The molecule has 0 bridgehead atoms. The van der Waals surface area contributed by atoms with Gasteiger partial charge in [0.15, 0.2) is 17.3 Å². The molecule has 1 aliphatic rings. The molecule has 0 atom stereocenters. The molecule has 0 spiro atoms. The first kappa shape index (κ1) is 19.2. The van der Waals surface area contributed by atoms with Crippen LogP contribution >= 0.6 is 0 Å². The lowest BCUT2D eigenvalue weighted by molar-refractivity contribution is 0.0977. The number of ether oxygens (including phenoxy) is 1. The monoisotopic (exact) mass is 375 g/mol. The van der Waals surface area contributed by atoms with E-state index >= 15 is 0 Å². The topological polar surface area (TPSA) is 89.6 Å². The van der Waals surface area contributed by atoms with E-state index in [1.807, 2.05) is 32.9 Å². The van der Waals surface area contributed by atoms with Crippen LogP contribution in [0.15, 0.2) is 54.6 Å². The Morgan fingerprint density at radius 2 is 1.39 bits per heavy atom. The lowest BCUT2D eigenvalue weighted by Crippen LogP contribution is -2.22. The van der Waals surface area contributed by atoms with Crippen molar-refractivity contribution in [1.29, 1.82) is 0 Å². The number of aromatic hydroxyl groups is 1. The van der Waals surface area contributed by atoms with Crippen LogP contribution in [0.4, 0.5) is 5.69 Å². The van der Waals surface area contributed by atoms with Crippen molar-refractivity contribution in [1.82, 2.24) is 0 Å². The zero-order valence-corrected chi connectivity index (χ0v) is 15.9. The minimum atomic E-state index is -0.429. The van der Waals surface area contributed by atoms with Crippen molar-refractivity contribution in [2.24, 2.45) is 0 Å². The smallest absolute Gasteiger partial charge is 0.198 e. The molecule has 4 rings (SSSR count). The predicted octanol–water partition coefficient (Wildman–Crippen LogP) is 4.88. The van der Waals surface area contributed by atoms with Crippen LogP contribution in [0.2, 0.25) is 0 Å². The van der Waals surface area contributed by atoms with Crippen LogP contribution < -0.4 is 10.5 Å². The number of hydrogen-bond donors (Lipinski definition) is 2. The Morgan fingerprint density at radius 3 is 1.96 bits per heavy atom. The number of nitrogens with two attached hydrogens (primary N) is 1. The van der Waals surface area contributed by atoms with Gasteiger partial charge >= 0.3 is 0 Å². The average molecular weight is 375 g/mol. The fourth-order valence-corrected chi connectivity index (χ4v) is 3.09. The number of aryl methyl sites for hydroxylation is 1. The van der Waals surface area contributed by atoms with Gasteiger partial charge in [0.25, 0.3) is 0 Å². The minimum Gasteiger partial charge on any atom is -0.507 e. The summed E-state index contributed by atoms with van der Waals surface area (Å²) in [5.41, 5.74) is 7.68. The number of rotatable bonds is 2. The van der Waals surface area contributed by atoms with Crippen molar-refractivity contribution in [3.05, 3.63) is 82.4 Å². The second-order valence-electron chi connectivity index (χ2n) is 6.18. The van der Waals surface area contributed by atoms with Crippen LogP contribution in [0.25, 0.3) is 0 Å². The summed E-state index contributed by atoms with van der Waals surface area (Å²) in [4.78, 5) is 25.6. The van der Waals surface area contributed by atoms with Gasteiger partial charge in [-0.15, -0.1) is 0 Å².